The second-order valence-corrected chi connectivity index (χ2v) is 5.22. The Morgan fingerprint density at radius 2 is 1.79 bits per heavy atom. The first kappa shape index (κ1) is 16.2. The number of methoxy groups -OCH3 is 2. The molecule has 0 bridgehead atoms. The van der Waals surface area contributed by atoms with Crippen molar-refractivity contribution in [1.29, 1.82) is 0 Å². The van der Waals surface area contributed by atoms with Gasteiger partial charge in [-0.05, 0) is 35.4 Å². The van der Waals surface area contributed by atoms with Gasteiger partial charge < -0.3 is 23.7 Å². The molecule has 0 N–H and O–H groups in total. The molecule has 24 heavy (non-hydrogen) atoms. The Balaban J connectivity index is 1.50. The first-order valence-corrected chi connectivity index (χ1v) is 7.65. The van der Waals surface area contributed by atoms with Crippen LogP contribution >= 0.6 is 0 Å². The van der Waals surface area contributed by atoms with Crippen LogP contribution in [-0.2, 0) is 11.3 Å². The van der Waals surface area contributed by atoms with Gasteiger partial charge in [0.05, 0.1) is 27.4 Å². The van der Waals surface area contributed by atoms with E-state index in [4.69, 9.17) is 23.7 Å². The van der Waals surface area contributed by atoms with E-state index >= 15 is 0 Å². The summed E-state index contributed by atoms with van der Waals surface area (Å²) in [4.78, 5) is 0. The van der Waals surface area contributed by atoms with Gasteiger partial charge >= 0.3 is 0 Å². The van der Waals surface area contributed by atoms with Gasteiger partial charge in [-0.15, -0.1) is 0 Å². The van der Waals surface area contributed by atoms with Gasteiger partial charge in [0.2, 0.25) is 6.79 Å². The van der Waals surface area contributed by atoms with E-state index in [0.29, 0.717) is 24.7 Å². The highest BCUT2D eigenvalue weighted by atomic mass is 16.7. The maximum Gasteiger partial charge on any atom is 0.231 e. The molecule has 2 aromatic carbocycles. The highest BCUT2D eigenvalue weighted by Gasteiger charge is 2.12. The zero-order chi connectivity index (χ0) is 16.8. The van der Waals surface area contributed by atoms with Crippen molar-refractivity contribution in [3.8, 4) is 23.0 Å². The number of benzene rings is 2. The van der Waals surface area contributed by atoms with Gasteiger partial charge in [0, 0.05) is 0 Å². The number of rotatable bonds is 7. The fourth-order valence-corrected chi connectivity index (χ4v) is 2.42. The monoisotopic (exact) mass is 328 g/mol. The van der Waals surface area contributed by atoms with Crippen molar-refractivity contribution < 1.29 is 23.7 Å². The van der Waals surface area contributed by atoms with Crippen LogP contribution in [0.25, 0.3) is 6.08 Å². The van der Waals surface area contributed by atoms with Crippen LogP contribution in [0, 0.1) is 0 Å². The summed E-state index contributed by atoms with van der Waals surface area (Å²) in [7, 11) is 3.25. The average molecular weight is 328 g/mol. The van der Waals surface area contributed by atoms with Crippen molar-refractivity contribution in [3.63, 3.8) is 0 Å². The molecule has 3 rings (SSSR count). The quantitative estimate of drug-likeness (QED) is 0.726. The van der Waals surface area contributed by atoms with Gasteiger partial charge in [-0.2, -0.15) is 0 Å². The Bertz CT molecular complexity index is 724. The molecule has 1 aliphatic rings. The molecule has 0 spiro atoms. The first-order valence-electron chi connectivity index (χ1n) is 7.65. The van der Waals surface area contributed by atoms with Crippen LogP contribution in [0.4, 0.5) is 0 Å². The minimum atomic E-state index is 0.285. The van der Waals surface area contributed by atoms with Crippen LogP contribution in [0.5, 0.6) is 23.0 Å². The fourth-order valence-electron chi connectivity index (χ4n) is 2.42. The second-order valence-electron chi connectivity index (χ2n) is 5.22. The van der Waals surface area contributed by atoms with E-state index in [1.807, 2.05) is 48.6 Å². The zero-order valence-electron chi connectivity index (χ0n) is 13.8. The smallest absolute Gasteiger partial charge is 0.231 e. The van der Waals surface area contributed by atoms with Crippen LogP contribution in [0.2, 0.25) is 0 Å². The molecule has 0 aliphatic carbocycles. The molecule has 5 heteroatoms. The maximum atomic E-state index is 5.66. The SMILES string of the molecule is COc1ccc(/C=C/COCc2ccc3c(c2)OCO3)cc1OC. The summed E-state index contributed by atoms with van der Waals surface area (Å²) in [5, 5.41) is 0. The van der Waals surface area contributed by atoms with Crippen molar-refractivity contribution in [3.05, 3.63) is 53.6 Å². The van der Waals surface area contributed by atoms with Crippen molar-refractivity contribution in [2.24, 2.45) is 0 Å². The lowest BCUT2D eigenvalue weighted by molar-refractivity contribution is 0.148. The summed E-state index contributed by atoms with van der Waals surface area (Å²) >= 11 is 0. The van der Waals surface area contributed by atoms with Crippen molar-refractivity contribution >= 4 is 6.08 Å². The van der Waals surface area contributed by atoms with E-state index in [-0.39, 0.29) is 6.79 Å². The highest BCUT2D eigenvalue weighted by molar-refractivity contribution is 5.55. The summed E-state index contributed by atoms with van der Waals surface area (Å²) in [5.41, 5.74) is 2.08. The van der Waals surface area contributed by atoms with Gasteiger partial charge in [-0.25, -0.2) is 0 Å². The van der Waals surface area contributed by atoms with Crippen LogP contribution in [-0.4, -0.2) is 27.6 Å². The number of hydrogen-bond acceptors (Lipinski definition) is 5. The summed E-state index contributed by atoms with van der Waals surface area (Å²) in [6, 6.07) is 11.6. The van der Waals surface area contributed by atoms with Crippen molar-refractivity contribution in [2.45, 2.75) is 6.61 Å². The second kappa shape index (κ2) is 7.75. The van der Waals surface area contributed by atoms with E-state index in [1.165, 1.54) is 0 Å². The molecule has 0 radical (unpaired) electrons. The minimum absolute atomic E-state index is 0.285. The summed E-state index contributed by atoms with van der Waals surface area (Å²) in [5.74, 6) is 2.98. The molecule has 2 aromatic rings. The first-order chi connectivity index (χ1) is 11.8. The lowest BCUT2D eigenvalue weighted by atomic mass is 10.2. The van der Waals surface area contributed by atoms with Gasteiger partial charge in [-0.1, -0.05) is 24.3 Å². The predicted octanol–water partition coefficient (Wildman–Crippen LogP) is 3.66. The molecule has 1 heterocycles. The normalized spacial score (nSPS) is 12.6. The van der Waals surface area contributed by atoms with E-state index in [2.05, 4.69) is 0 Å². The molecule has 0 saturated carbocycles. The molecule has 0 amide bonds. The standard InChI is InChI=1S/C19H20O5/c1-20-16-7-5-14(10-18(16)21-2)4-3-9-22-12-15-6-8-17-19(11-15)24-13-23-17/h3-8,10-11H,9,12-13H2,1-2H3/b4-3+. The molecule has 126 valence electrons. The number of ether oxygens (including phenoxy) is 5. The van der Waals surface area contributed by atoms with Crippen LogP contribution < -0.4 is 18.9 Å². The predicted molar refractivity (Wildman–Crippen MR) is 90.8 cm³/mol. The van der Waals surface area contributed by atoms with Gasteiger partial charge in [0.1, 0.15) is 0 Å². The van der Waals surface area contributed by atoms with Crippen LogP contribution in [0.1, 0.15) is 11.1 Å². The van der Waals surface area contributed by atoms with Gasteiger partial charge in [0.25, 0.3) is 0 Å². The van der Waals surface area contributed by atoms with E-state index in [0.717, 1.165) is 22.6 Å². The molecule has 0 aromatic heterocycles. The van der Waals surface area contributed by atoms with Crippen LogP contribution in [0.3, 0.4) is 0 Å². The summed E-state index contributed by atoms with van der Waals surface area (Å²) < 4.78 is 26.8. The third kappa shape index (κ3) is 3.81. The Labute approximate surface area is 141 Å². The van der Waals surface area contributed by atoms with E-state index in [1.54, 1.807) is 14.2 Å². The Hall–Kier alpha value is -2.66. The topological polar surface area (TPSA) is 46.2 Å². The van der Waals surface area contributed by atoms with Crippen molar-refractivity contribution in [2.75, 3.05) is 27.6 Å². The molecule has 0 saturated heterocycles. The van der Waals surface area contributed by atoms with Crippen molar-refractivity contribution in [1.82, 2.24) is 0 Å². The molecular formula is C19H20O5. The van der Waals surface area contributed by atoms with Crippen LogP contribution in [0.15, 0.2) is 42.5 Å². The third-order valence-corrected chi connectivity index (χ3v) is 3.64. The molecule has 0 unspecified atom stereocenters. The largest absolute Gasteiger partial charge is 0.493 e. The Morgan fingerprint density at radius 1 is 0.958 bits per heavy atom. The molecule has 0 fully saturated rings. The van der Waals surface area contributed by atoms with Gasteiger partial charge in [0.15, 0.2) is 23.0 Å². The van der Waals surface area contributed by atoms with Gasteiger partial charge in [-0.3, -0.25) is 0 Å². The average Bonchev–Trinajstić information content (AvgIpc) is 3.09. The van der Waals surface area contributed by atoms with E-state index < -0.39 is 0 Å². The maximum absolute atomic E-state index is 5.66. The van der Waals surface area contributed by atoms with E-state index in [9.17, 15) is 0 Å². The molecule has 5 nitrogen and oxygen atoms in total. The number of fused-ring (bicyclic) bond motifs is 1. The number of hydrogen-bond donors (Lipinski definition) is 0. The molecule has 0 atom stereocenters. The Kier molecular flexibility index (Phi) is 5.23. The zero-order valence-corrected chi connectivity index (χ0v) is 13.8. The molecule has 1 aliphatic heterocycles. The fraction of sp³-hybridized carbons (Fsp3) is 0.263. The Morgan fingerprint density at radius 3 is 2.62 bits per heavy atom. The minimum Gasteiger partial charge on any atom is -0.493 e. The third-order valence-electron chi connectivity index (χ3n) is 3.64. The lowest BCUT2D eigenvalue weighted by Gasteiger charge is -2.07. The highest BCUT2D eigenvalue weighted by Crippen LogP contribution is 2.32. The summed E-state index contributed by atoms with van der Waals surface area (Å²) in [6.07, 6.45) is 3.95. The summed E-state index contributed by atoms with van der Waals surface area (Å²) in [6.45, 7) is 1.32. The lowest BCUT2D eigenvalue weighted by Crippen LogP contribution is -1.94. The molecular weight excluding hydrogens is 308 g/mol.